The minimum atomic E-state index is -0.245. The molecule has 2 aliphatic heterocycles. The summed E-state index contributed by atoms with van der Waals surface area (Å²) in [7, 11) is 2.44. The van der Waals surface area contributed by atoms with Crippen molar-refractivity contribution in [3.05, 3.63) is 0 Å². The number of ether oxygens (including phenoxy) is 1. The van der Waals surface area contributed by atoms with E-state index in [-0.39, 0.29) is 16.3 Å². The number of esters is 1. The van der Waals surface area contributed by atoms with Crippen molar-refractivity contribution in [1.29, 1.82) is 0 Å². The highest BCUT2D eigenvalue weighted by Crippen LogP contribution is 2.64. The van der Waals surface area contributed by atoms with Crippen LogP contribution < -0.4 is 0 Å². The Labute approximate surface area is 163 Å². The van der Waals surface area contributed by atoms with Crippen LogP contribution in [0.5, 0.6) is 0 Å². The summed E-state index contributed by atoms with van der Waals surface area (Å²) >= 11 is 6.91. The first-order chi connectivity index (χ1) is 12.4. The first kappa shape index (κ1) is 17.8. The molecule has 0 amide bonds. The Kier molecular flexibility index (Phi) is 4.18. The number of quaternary nitrogens is 1. The predicted molar refractivity (Wildman–Crippen MR) is 103 cm³/mol. The van der Waals surface area contributed by atoms with Gasteiger partial charge in [0.15, 0.2) is 0 Å². The Morgan fingerprint density at radius 2 is 1.81 bits per heavy atom. The van der Waals surface area contributed by atoms with Gasteiger partial charge >= 0.3 is 5.97 Å². The van der Waals surface area contributed by atoms with Crippen LogP contribution in [-0.4, -0.2) is 48.1 Å². The summed E-state index contributed by atoms with van der Waals surface area (Å²) in [5, 5.41) is 0. The molecule has 0 spiro atoms. The summed E-state index contributed by atoms with van der Waals surface area (Å²) < 4.78 is 7.32. The van der Waals surface area contributed by atoms with E-state index in [1.54, 1.807) is 0 Å². The molecule has 4 heteroatoms. The van der Waals surface area contributed by atoms with Gasteiger partial charge in [0.1, 0.15) is 0 Å². The molecule has 6 rings (SSSR count). The van der Waals surface area contributed by atoms with Crippen LogP contribution in [0.15, 0.2) is 0 Å². The van der Waals surface area contributed by atoms with Gasteiger partial charge in [-0.15, -0.1) is 11.6 Å². The summed E-state index contributed by atoms with van der Waals surface area (Å²) in [6.45, 7) is 3.29. The second-order valence-electron chi connectivity index (χ2n) is 10.9. The molecule has 6 fully saturated rings. The van der Waals surface area contributed by atoms with E-state index >= 15 is 0 Å². The zero-order valence-corrected chi connectivity index (χ0v) is 17.1. The van der Waals surface area contributed by atoms with Crippen molar-refractivity contribution < 1.29 is 14.0 Å². The zero-order chi connectivity index (χ0) is 18.0. The summed E-state index contributed by atoms with van der Waals surface area (Å²) in [5.74, 6) is 1.99. The fourth-order valence-electron chi connectivity index (χ4n) is 8.15. The fraction of sp³-hybridized carbons (Fsp3) is 0.955. The van der Waals surface area contributed by atoms with Crippen molar-refractivity contribution in [2.45, 2.75) is 81.5 Å². The normalized spacial score (nSPS) is 52.5. The summed E-state index contributed by atoms with van der Waals surface area (Å²) in [4.78, 5) is 13.1. The lowest BCUT2D eigenvalue weighted by molar-refractivity contribution is -0.947. The van der Waals surface area contributed by atoms with Crippen LogP contribution in [0.1, 0.15) is 70.6 Å². The minimum absolute atomic E-state index is 0.104. The Morgan fingerprint density at radius 1 is 1.08 bits per heavy atom. The summed E-state index contributed by atoms with van der Waals surface area (Å²) in [6.07, 6.45) is 13.1. The van der Waals surface area contributed by atoms with E-state index < -0.39 is 0 Å². The molecule has 0 radical (unpaired) electrons. The first-order valence-electron chi connectivity index (χ1n) is 11.1. The molecule has 3 unspecified atom stereocenters. The van der Waals surface area contributed by atoms with Crippen molar-refractivity contribution in [2.75, 3.05) is 26.7 Å². The number of rotatable bonds is 3. The number of piperidine rings is 2. The van der Waals surface area contributed by atoms with E-state index in [1.807, 2.05) is 0 Å². The SMILES string of the molecule is C[N+]12CCCC[C@H]1[C@@H](COC(=O)C13CC4CC(CC(Cl)(C4)C1)C3)CCC2. The molecule has 0 aromatic rings. The van der Waals surface area contributed by atoms with E-state index in [0.29, 0.717) is 30.4 Å². The van der Waals surface area contributed by atoms with Crippen LogP contribution in [0.3, 0.4) is 0 Å². The van der Waals surface area contributed by atoms with Crippen LogP contribution in [0.2, 0.25) is 0 Å². The smallest absolute Gasteiger partial charge is 0.312 e. The fourth-order valence-corrected chi connectivity index (χ4v) is 8.85. The average molecular weight is 381 g/mol. The second-order valence-corrected chi connectivity index (χ2v) is 11.7. The number of halogens is 1. The summed E-state index contributed by atoms with van der Waals surface area (Å²) in [6, 6.07) is 0.709. The molecule has 4 aliphatic carbocycles. The van der Waals surface area contributed by atoms with Gasteiger partial charge in [-0.1, -0.05) is 0 Å². The second kappa shape index (κ2) is 6.11. The van der Waals surface area contributed by atoms with Gasteiger partial charge in [-0.3, -0.25) is 4.79 Å². The number of hydrogen-bond donors (Lipinski definition) is 0. The number of carbonyl (C=O) groups is 1. The molecule has 5 atom stereocenters. The van der Waals surface area contributed by atoms with Gasteiger partial charge < -0.3 is 9.22 Å². The van der Waals surface area contributed by atoms with E-state index in [4.69, 9.17) is 16.3 Å². The zero-order valence-electron chi connectivity index (χ0n) is 16.4. The molecule has 0 aromatic heterocycles. The van der Waals surface area contributed by atoms with Crippen LogP contribution in [-0.2, 0) is 9.53 Å². The molecule has 146 valence electrons. The third-order valence-corrected chi connectivity index (χ3v) is 9.30. The Morgan fingerprint density at radius 3 is 2.54 bits per heavy atom. The standard InChI is InChI=1S/C22H35ClNO2/c1-24-7-3-2-6-19(24)18(5-4-8-24)14-26-20(25)21-10-16-9-17(11-21)13-22(23,12-16)15-21/h16-19H,2-15H2,1H3/q+1/t16?,17?,18-,19+,21?,22?,24?/m1/s1. The molecule has 26 heavy (non-hydrogen) atoms. The lowest BCUT2D eigenvalue weighted by Gasteiger charge is -2.58. The van der Waals surface area contributed by atoms with Crippen LogP contribution in [0.25, 0.3) is 0 Å². The van der Waals surface area contributed by atoms with Crippen molar-refractivity contribution in [2.24, 2.45) is 23.2 Å². The molecule has 3 nitrogen and oxygen atoms in total. The molecular weight excluding hydrogens is 346 g/mol. The van der Waals surface area contributed by atoms with Gasteiger partial charge in [0.25, 0.3) is 0 Å². The Bertz CT molecular complexity index is 575. The average Bonchev–Trinajstić information content (AvgIpc) is 2.56. The quantitative estimate of drug-likeness (QED) is 0.409. The van der Waals surface area contributed by atoms with Crippen LogP contribution in [0.4, 0.5) is 0 Å². The van der Waals surface area contributed by atoms with E-state index in [2.05, 4.69) is 7.05 Å². The van der Waals surface area contributed by atoms with Gasteiger partial charge in [0.05, 0.1) is 38.2 Å². The molecule has 0 aromatic carbocycles. The Balaban J connectivity index is 1.26. The number of nitrogens with zero attached hydrogens (tertiary/aromatic N) is 1. The maximum Gasteiger partial charge on any atom is 0.312 e. The molecule has 2 saturated heterocycles. The molecule has 0 N–H and O–H groups in total. The van der Waals surface area contributed by atoms with Gasteiger partial charge in [-0.2, -0.15) is 0 Å². The van der Waals surface area contributed by atoms with Crippen LogP contribution >= 0.6 is 11.6 Å². The highest BCUT2D eigenvalue weighted by molar-refractivity contribution is 6.24. The number of hydrogen-bond acceptors (Lipinski definition) is 2. The monoisotopic (exact) mass is 380 g/mol. The van der Waals surface area contributed by atoms with Crippen molar-refractivity contribution >= 4 is 17.6 Å². The molecule has 2 heterocycles. The number of carbonyl (C=O) groups excluding carboxylic acids is 1. The number of alkyl halides is 1. The first-order valence-corrected chi connectivity index (χ1v) is 11.5. The molecule has 4 bridgehead atoms. The molecular formula is C22H35ClNO2+. The molecule has 6 aliphatic rings. The highest BCUT2D eigenvalue weighted by Gasteiger charge is 2.61. The largest absolute Gasteiger partial charge is 0.465 e. The maximum absolute atomic E-state index is 13.2. The van der Waals surface area contributed by atoms with Gasteiger partial charge in [-0.05, 0) is 76.0 Å². The lowest BCUT2D eigenvalue weighted by atomic mass is 9.49. The topological polar surface area (TPSA) is 26.3 Å². The third kappa shape index (κ3) is 2.83. The van der Waals surface area contributed by atoms with Gasteiger partial charge in [-0.25, -0.2) is 0 Å². The third-order valence-electron chi connectivity index (χ3n) is 8.86. The summed E-state index contributed by atoms with van der Waals surface area (Å²) in [5.41, 5.74) is -0.245. The van der Waals surface area contributed by atoms with Gasteiger partial charge in [0, 0.05) is 17.2 Å². The van der Waals surface area contributed by atoms with Crippen molar-refractivity contribution in [3.8, 4) is 0 Å². The number of fused-ring (bicyclic) bond motifs is 1. The van der Waals surface area contributed by atoms with Gasteiger partial charge in [0.2, 0.25) is 0 Å². The maximum atomic E-state index is 13.2. The van der Waals surface area contributed by atoms with E-state index in [9.17, 15) is 4.79 Å². The van der Waals surface area contributed by atoms with E-state index in [0.717, 1.165) is 32.1 Å². The minimum Gasteiger partial charge on any atom is -0.465 e. The Hall–Kier alpha value is -0.280. The highest BCUT2D eigenvalue weighted by atomic mass is 35.5. The predicted octanol–water partition coefficient (Wildman–Crippen LogP) is 4.52. The van der Waals surface area contributed by atoms with E-state index in [1.165, 1.54) is 56.1 Å². The molecule has 4 saturated carbocycles. The van der Waals surface area contributed by atoms with Crippen molar-refractivity contribution in [1.82, 2.24) is 0 Å². The van der Waals surface area contributed by atoms with Crippen molar-refractivity contribution in [3.63, 3.8) is 0 Å². The lowest BCUT2D eigenvalue weighted by Crippen LogP contribution is -2.61. The van der Waals surface area contributed by atoms with Crippen LogP contribution in [0, 0.1) is 23.2 Å².